The van der Waals surface area contributed by atoms with E-state index in [1.165, 1.54) is 16.7 Å². The quantitative estimate of drug-likeness (QED) is 0.378. The molecule has 10 heteroatoms. The van der Waals surface area contributed by atoms with Gasteiger partial charge in [0.05, 0.1) is 17.7 Å². The van der Waals surface area contributed by atoms with Crippen molar-refractivity contribution in [1.29, 1.82) is 0 Å². The Morgan fingerprint density at radius 3 is 2.24 bits per heavy atom. The predicted molar refractivity (Wildman–Crippen MR) is 143 cm³/mol. The molecule has 0 saturated carbocycles. The van der Waals surface area contributed by atoms with E-state index in [1.807, 2.05) is 13.0 Å². The number of hydrogen-bond acceptors (Lipinski definition) is 6. The van der Waals surface area contributed by atoms with Crippen molar-refractivity contribution in [1.82, 2.24) is 19.4 Å². The smallest absolute Gasteiger partial charge is 0.416 e. The third-order valence-electron chi connectivity index (χ3n) is 7.57. The molecular weight excluding hydrogens is 495 g/mol. The lowest BCUT2D eigenvalue weighted by Gasteiger charge is -2.49. The fourth-order valence-electron chi connectivity index (χ4n) is 5.50. The highest BCUT2D eigenvalue weighted by atomic mass is 19.4. The van der Waals surface area contributed by atoms with Crippen LogP contribution >= 0.6 is 0 Å². The van der Waals surface area contributed by atoms with Gasteiger partial charge in [-0.15, -0.1) is 0 Å². The molecule has 0 aliphatic carbocycles. The molecule has 1 aliphatic heterocycles. The molecule has 1 unspecified atom stereocenters. The normalized spacial score (nSPS) is 19.6. The molecule has 7 nitrogen and oxygen atoms in total. The van der Waals surface area contributed by atoms with E-state index in [0.29, 0.717) is 42.4 Å². The third kappa shape index (κ3) is 5.36. The largest absolute Gasteiger partial charge is 0.478 e. The zero-order valence-corrected chi connectivity index (χ0v) is 22.6. The molecule has 0 N–H and O–H groups in total. The molecule has 3 aromatic rings. The van der Waals surface area contributed by atoms with Crippen LogP contribution in [0, 0.1) is 0 Å². The van der Waals surface area contributed by atoms with Gasteiger partial charge >= 0.3 is 11.9 Å². The summed E-state index contributed by atoms with van der Waals surface area (Å²) in [7, 11) is 1.68. The van der Waals surface area contributed by atoms with Crippen LogP contribution in [0.4, 0.5) is 19.0 Å². The second kappa shape index (κ2) is 11.3. The number of benzene rings is 1. The van der Waals surface area contributed by atoms with Gasteiger partial charge < -0.3 is 9.64 Å². The number of rotatable bonds is 8. The molecule has 0 bridgehead atoms. The number of fused-ring (bicyclic) bond motifs is 1. The molecule has 3 heterocycles. The minimum absolute atomic E-state index is 0.0190. The monoisotopic (exact) mass is 531 g/mol. The number of piperazine rings is 1. The van der Waals surface area contributed by atoms with Crippen molar-refractivity contribution in [2.75, 3.05) is 24.6 Å². The number of anilines is 1. The van der Waals surface area contributed by atoms with Crippen molar-refractivity contribution in [3.8, 4) is 5.88 Å². The molecular formula is C28H36F3N5O2. The second-order valence-electron chi connectivity index (χ2n) is 9.74. The number of aromatic nitrogens is 3. The molecule has 1 fully saturated rings. The summed E-state index contributed by atoms with van der Waals surface area (Å²) >= 11 is 0. The van der Waals surface area contributed by atoms with E-state index in [2.05, 4.69) is 35.6 Å². The summed E-state index contributed by atoms with van der Waals surface area (Å²) in [5, 5.41) is 0. The highest BCUT2D eigenvalue weighted by Gasteiger charge is 2.38. The Hall–Kier alpha value is -3.14. The van der Waals surface area contributed by atoms with E-state index in [1.54, 1.807) is 25.2 Å². The summed E-state index contributed by atoms with van der Waals surface area (Å²) in [4.78, 5) is 26.6. The topological polar surface area (TPSA) is 63.5 Å². The van der Waals surface area contributed by atoms with Crippen LogP contribution in [0.1, 0.15) is 64.1 Å². The molecule has 1 saturated heterocycles. The molecule has 206 valence electrons. The van der Waals surface area contributed by atoms with Crippen LogP contribution in [0.3, 0.4) is 0 Å². The van der Waals surface area contributed by atoms with Gasteiger partial charge in [-0.05, 0) is 49.9 Å². The maximum atomic E-state index is 13.1. The first-order chi connectivity index (χ1) is 18.1. The Bertz CT molecular complexity index is 1310. The molecule has 3 atom stereocenters. The Morgan fingerprint density at radius 2 is 1.66 bits per heavy atom. The Balaban J connectivity index is 1.72. The van der Waals surface area contributed by atoms with E-state index in [9.17, 15) is 18.0 Å². The van der Waals surface area contributed by atoms with Gasteiger partial charge in [0, 0.05) is 44.3 Å². The number of hydrogen-bond donors (Lipinski definition) is 0. The third-order valence-corrected chi connectivity index (χ3v) is 7.57. The van der Waals surface area contributed by atoms with Crippen molar-refractivity contribution in [3.05, 3.63) is 58.0 Å². The number of alkyl halides is 3. The highest BCUT2D eigenvalue weighted by Crippen LogP contribution is 2.36. The zero-order chi connectivity index (χ0) is 27.6. The summed E-state index contributed by atoms with van der Waals surface area (Å²) in [6, 6.07) is 9.28. The average molecular weight is 532 g/mol. The Labute approximate surface area is 221 Å². The molecule has 38 heavy (non-hydrogen) atoms. The summed E-state index contributed by atoms with van der Waals surface area (Å²) in [5.74, 6) is 1.03. The number of ether oxygens (including phenoxy) is 1. The van der Waals surface area contributed by atoms with Crippen LogP contribution in [0.5, 0.6) is 5.88 Å². The van der Waals surface area contributed by atoms with Crippen molar-refractivity contribution in [3.63, 3.8) is 0 Å². The van der Waals surface area contributed by atoms with Crippen LogP contribution in [-0.4, -0.2) is 51.2 Å². The molecule has 0 spiro atoms. The molecule has 4 rings (SSSR count). The van der Waals surface area contributed by atoms with Gasteiger partial charge in [-0.1, -0.05) is 32.9 Å². The first kappa shape index (κ1) is 27.9. The van der Waals surface area contributed by atoms with Gasteiger partial charge in [0.15, 0.2) is 5.82 Å². The average Bonchev–Trinajstić information content (AvgIpc) is 2.91. The van der Waals surface area contributed by atoms with E-state index in [0.717, 1.165) is 24.8 Å². The van der Waals surface area contributed by atoms with Gasteiger partial charge in [0.2, 0.25) is 5.88 Å². The summed E-state index contributed by atoms with van der Waals surface area (Å²) in [5.41, 5.74) is 1.20. The summed E-state index contributed by atoms with van der Waals surface area (Å²) < 4.78 is 46.6. The van der Waals surface area contributed by atoms with Crippen LogP contribution in [0.2, 0.25) is 0 Å². The lowest BCUT2D eigenvalue weighted by atomic mass is 9.94. The van der Waals surface area contributed by atoms with Crippen LogP contribution in [0.25, 0.3) is 11.0 Å². The molecule has 1 aliphatic rings. The van der Waals surface area contributed by atoms with Crippen LogP contribution < -0.4 is 15.3 Å². The van der Waals surface area contributed by atoms with Gasteiger partial charge in [-0.2, -0.15) is 18.2 Å². The lowest BCUT2D eigenvalue weighted by Crippen LogP contribution is -2.59. The molecule has 2 aromatic heterocycles. The van der Waals surface area contributed by atoms with Crippen LogP contribution in [-0.2, 0) is 13.2 Å². The van der Waals surface area contributed by atoms with E-state index >= 15 is 0 Å². The molecule has 0 radical (unpaired) electrons. The molecule has 1 aromatic carbocycles. The maximum Gasteiger partial charge on any atom is 0.416 e. The first-order valence-corrected chi connectivity index (χ1v) is 13.3. The van der Waals surface area contributed by atoms with Gasteiger partial charge in [0.1, 0.15) is 5.52 Å². The fourth-order valence-corrected chi connectivity index (χ4v) is 5.50. The predicted octanol–water partition coefficient (Wildman–Crippen LogP) is 5.58. The zero-order valence-electron chi connectivity index (χ0n) is 22.6. The minimum Gasteiger partial charge on any atom is -0.478 e. The summed E-state index contributed by atoms with van der Waals surface area (Å²) in [6.07, 6.45) is -1.95. The van der Waals surface area contributed by atoms with E-state index in [4.69, 9.17) is 9.72 Å². The van der Waals surface area contributed by atoms with E-state index < -0.39 is 11.7 Å². The first-order valence-electron chi connectivity index (χ1n) is 13.3. The van der Waals surface area contributed by atoms with Gasteiger partial charge in [-0.25, -0.2) is 9.78 Å². The summed E-state index contributed by atoms with van der Waals surface area (Å²) in [6.45, 7) is 9.97. The number of aryl methyl sites for hydroxylation is 1. The second-order valence-corrected chi connectivity index (χ2v) is 9.74. The van der Waals surface area contributed by atoms with Gasteiger partial charge in [-0.3, -0.25) is 9.47 Å². The number of nitrogens with zero attached hydrogens (tertiary/aromatic N) is 5. The van der Waals surface area contributed by atoms with Gasteiger partial charge in [0.25, 0.3) is 0 Å². The van der Waals surface area contributed by atoms with Crippen molar-refractivity contribution in [2.24, 2.45) is 7.05 Å². The SMILES string of the molecule is CCOc1ccc2c(n1)c(N1C[C@@H](CC)N(C(CC)c3ccc(C(F)(F)F)cc3)C[C@@H]1CC)nc(=O)n2C. The number of pyridine rings is 1. The lowest BCUT2D eigenvalue weighted by molar-refractivity contribution is -0.137. The fraction of sp³-hybridized carbons (Fsp3) is 0.536. The van der Waals surface area contributed by atoms with E-state index in [-0.39, 0.29) is 23.8 Å². The van der Waals surface area contributed by atoms with Crippen LogP contribution in [0.15, 0.2) is 41.2 Å². The Kier molecular flexibility index (Phi) is 8.30. The Morgan fingerprint density at radius 1 is 0.974 bits per heavy atom. The molecule has 0 amide bonds. The van der Waals surface area contributed by atoms with Crippen molar-refractivity contribution < 1.29 is 17.9 Å². The maximum absolute atomic E-state index is 13.1. The minimum atomic E-state index is -4.36. The number of halogens is 3. The highest BCUT2D eigenvalue weighted by molar-refractivity contribution is 5.86. The standard InChI is InChI=1S/C28H36F3N5O2/c1-6-20-17-36(26-25-23(34(5)27(37)33-26)14-15-24(32-25)38-9-4)21(7-2)16-35(20)22(8-3)18-10-12-19(13-11-18)28(29,30)31/h10-15,20-22H,6-9,16-17H2,1-5H3/t20-,21+,22?/m1/s1. The van der Waals surface area contributed by atoms with Crippen molar-refractivity contribution >= 4 is 16.9 Å². The van der Waals surface area contributed by atoms with Crippen molar-refractivity contribution in [2.45, 2.75) is 71.3 Å².